The molecule has 1 heterocycles. The van der Waals surface area contributed by atoms with Crippen LogP contribution in [0.4, 0.5) is 0 Å². The van der Waals surface area contributed by atoms with Crippen molar-refractivity contribution >= 4 is 40.9 Å². The lowest BCUT2D eigenvalue weighted by atomic mass is 9.77. The molecule has 0 N–H and O–H groups in total. The van der Waals surface area contributed by atoms with Crippen molar-refractivity contribution in [1.29, 1.82) is 0 Å². The summed E-state index contributed by atoms with van der Waals surface area (Å²) in [6.45, 7) is 0. The number of carbonyl (C=O) groups excluding carboxylic acids is 1. The number of hydrazone groups is 1. The van der Waals surface area contributed by atoms with Crippen molar-refractivity contribution in [3.8, 4) is 0 Å². The number of nitrogens with zero attached hydrogens (tertiary/aromatic N) is 2. The topological polar surface area (TPSA) is 32.7 Å². The Morgan fingerprint density at radius 2 is 1.56 bits per heavy atom. The maximum Gasteiger partial charge on any atom is 0.274 e. The lowest BCUT2D eigenvalue weighted by molar-refractivity contribution is 0.0681. The predicted octanol–water partition coefficient (Wildman–Crippen LogP) is 7.43. The van der Waals surface area contributed by atoms with E-state index in [1.165, 1.54) is 5.57 Å². The summed E-state index contributed by atoms with van der Waals surface area (Å²) in [4.78, 5) is 13.5. The molecule has 3 aromatic carbocycles. The summed E-state index contributed by atoms with van der Waals surface area (Å²) in [7, 11) is 0. The molecular formula is C27H22Cl2N2O. The number of benzene rings is 3. The van der Waals surface area contributed by atoms with Crippen molar-refractivity contribution in [2.24, 2.45) is 11.0 Å². The van der Waals surface area contributed by atoms with Gasteiger partial charge >= 0.3 is 0 Å². The van der Waals surface area contributed by atoms with E-state index in [0.29, 0.717) is 15.6 Å². The van der Waals surface area contributed by atoms with Crippen molar-refractivity contribution in [1.82, 2.24) is 5.01 Å². The molecule has 0 bridgehead atoms. The van der Waals surface area contributed by atoms with Crippen LogP contribution in [-0.2, 0) is 0 Å². The number of halogens is 2. The Hall–Kier alpha value is -2.88. The van der Waals surface area contributed by atoms with Gasteiger partial charge in [-0.05, 0) is 78.4 Å². The minimum Gasteiger partial charge on any atom is -0.267 e. The average Bonchev–Trinajstić information content (AvgIpc) is 3.22. The molecule has 0 spiro atoms. The van der Waals surface area contributed by atoms with E-state index < -0.39 is 0 Å². The fourth-order valence-corrected chi connectivity index (χ4v) is 4.89. The molecule has 0 radical (unpaired) electrons. The molecule has 0 saturated heterocycles. The van der Waals surface area contributed by atoms with E-state index in [4.69, 9.17) is 28.3 Å². The zero-order chi connectivity index (χ0) is 22.1. The van der Waals surface area contributed by atoms with Crippen LogP contribution in [0.15, 0.2) is 89.5 Å². The van der Waals surface area contributed by atoms with Crippen molar-refractivity contribution < 1.29 is 4.79 Å². The van der Waals surface area contributed by atoms with Crippen molar-refractivity contribution in [2.75, 3.05) is 0 Å². The Balaban J connectivity index is 1.57. The van der Waals surface area contributed by atoms with E-state index in [-0.39, 0.29) is 17.9 Å². The number of amides is 1. The molecule has 1 aliphatic heterocycles. The van der Waals surface area contributed by atoms with Gasteiger partial charge in [-0.2, -0.15) is 5.10 Å². The summed E-state index contributed by atoms with van der Waals surface area (Å²) in [6.07, 6.45) is 5.17. The number of rotatable bonds is 3. The highest BCUT2D eigenvalue weighted by Gasteiger charge is 2.43. The number of fused-ring (bicyclic) bond motifs is 1. The molecule has 3 aromatic rings. The van der Waals surface area contributed by atoms with E-state index in [9.17, 15) is 4.79 Å². The molecular weight excluding hydrogens is 439 g/mol. The average molecular weight is 461 g/mol. The molecule has 2 unspecified atom stereocenters. The van der Waals surface area contributed by atoms with Crippen LogP contribution in [0.2, 0.25) is 10.0 Å². The minimum atomic E-state index is -0.149. The summed E-state index contributed by atoms with van der Waals surface area (Å²) in [5.41, 5.74) is 4.97. The van der Waals surface area contributed by atoms with Crippen molar-refractivity contribution in [3.05, 3.63) is 111 Å². The Bertz CT molecular complexity index is 1180. The second-order valence-electron chi connectivity index (χ2n) is 8.22. The summed E-state index contributed by atoms with van der Waals surface area (Å²) in [5, 5.41) is 8.01. The Labute approximate surface area is 198 Å². The lowest BCUT2D eigenvalue weighted by Crippen LogP contribution is -2.31. The molecule has 5 heteroatoms. The van der Waals surface area contributed by atoms with E-state index >= 15 is 0 Å². The van der Waals surface area contributed by atoms with Gasteiger partial charge in [-0.3, -0.25) is 4.79 Å². The molecule has 3 nitrogen and oxygen atoms in total. The van der Waals surface area contributed by atoms with Gasteiger partial charge in [0, 0.05) is 21.5 Å². The molecule has 5 rings (SSSR count). The van der Waals surface area contributed by atoms with E-state index in [2.05, 4.69) is 6.08 Å². The van der Waals surface area contributed by atoms with E-state index in [1.54, 1.807) is 5.01 Å². The SMILES string of the molecule is O=C(c1ccccc1)N1N=C2/C(=C\c3ccc(Cl)cc3)CCCC2C1c1ccc(Cl)cc1. The van der Waals surface area contributed by atoms with Crippen LogP contribution < -0.4 is 0 Å². The summed E-state index contributed by atoms with van der Waals surface area (Å²) in [5.74, 6) is 0.0643. The predicted molar refractivity (Wildman–Crippen MR) is 131 cm³/mol. The maximum absolute atomic E-state index is 13.5. The zero-order valence-corrected chi connectivity index (χ0v) is 18.9. The van der Waals surface area contributed by atoms with Gasteiger partial charge in [-0.15, -0.1) is 0 Å². The highest BCUT2D eigenvalue weighted by molar-refractivity contribution is 6.30. The molecule has 1 fully saturated rings. The molecule has 1 amide bonds. The molecule has 2 aliphatic rings. The maximum atomic E-state index is 13.5. The third-order valence-electron chi connectivity index (χ3n) is 6.15. The van der Waals surface area contributed by atoms with E-state index in [1.807, 2.05) is 78.9 Å². The third-order valence-corrected chi connectivity index (χ3v) is 6.66. The van der Waals surface area contributed by atoms with Crippen LogP contribution in [0.3, 0.4) is 0 Å². The first-order chi connectivity index (χ1) is 15.6. The number of hydrogen-bond acceptors (Lipinski definition) is 2. The quantitative estimate of drug-likeness (QED) is 0.399. The van der Waals surface area contributed by atoms with Crippen LogP contribution in [-0.4, -0.2) is 16.6 Å². The Kier molecular flexibility index (Phi) is 5.86. The lowest BCUT2D eigenvalue weighted by Gasteiger charge is -2.29. The van der Waals surface area contributed by atoms with Crippen LogP contribution in [0, 0.1) is 5.92 Å². The second-order valence-corrected chi connectivity index (χ2v) is 9.09. The fraction of sp³-hybridized carbons (Fsp3) is 0.185. The third kappa shape index (κ3) is 4.11. The first kappa shape index (κ1) is 21.0. The Morgan fingerprint density at radius 1 is 0.906 bits per heavy atom. The van der Waals surface area contributed by atoms with Gasteiger partial charge in [0.15, 0.2) is 0 Å². The summed E-state index contributed by atoms with van der Waals surface area (Å²) < 4.78 is 0. The summed E-state index contributed by atoms with van der Waals surface area (Å²) in [6, 6.07) is 24.8. The van der Waals surface area contributed by atoms with Crippen molar-refractivity contribution in [3.63, 3.8) is 0 Å². The smallest absolute Gasteiger partial charge is 0.267 e. The minimum absolute atomic E-state index is 0.0849. The monoisotopic (exact) mass is 460 g/mol. The van der Waals surface area contributed by atoms with Crippen molar-refractivity contribution in [2.45, 2.75) is 25.3 Å². The number of hydrogen-bond donors (Lipinski definition) is 0. The van der Waals surface area contributed by atoms with Crippen LogP contribution in [0.5, 0.6) is 0 Å². The van der Waals surface area contributed by atoms with Gasteiger partial charge in [-0.1, -0.05) is 65.7 Å². The highest BCUT2D eigenvalue weighted by Crippen LogP contribution is 2.45. The number of allylic oxidation sites excluding steroid dienone is 1. The zero-order valence-electron chi connectivity index (χ0n) is 17.4. The largest absolute Gasteiger partial charge is 0.274 e. The number of carbonyl (C=O) groups is 1. The highest BCUT2D eigenvalue weighted by atomic mass is 35.5. The second kappa shape index (κ2) is 8.93. The van der Waals surface area contributed by atoms with Gasteiger partial charge in [0.1, 0.15) is 0 Å². The van der Waals surface area contributed by atoms with Gasteiger partial charge in [-0.25, -0.2) is 5.01 Å². The molecule has 160 valence electrons. The molecule has 1 aliphatic carbocycles. The molecule has 2 atom stereocenters. The molecule has 1 saturated carbocycles. The molecule has 0 aromatic heterocycles. The fourth-order valence-electron chi connectivity index (χ4n) is 4.63. The normalized spacial score (nSPS) is 21.4. The van der Waals surface area contributed by atoms with Gasteiger partial charge in [0.2, 0.25) is 0 Å². The van der Waals surface area contributed by atoms with Crippen LogP contribution in [0.25, 0.3) is 6.08 Å². The van der Waals surface area contributed by atoms with Crippen LogP contribution >= 0.6 is 23.2 Å². The summed E-state index contributed by atoms with van der Waals surface area (Å²) >= 11 is 12.2. The molecule has 32 heavy (non-hydrogen) atoms. The van der Waals surface area contributed by atoms with Gasteiger partial charge in [0.05, 0.1) is 11.8 Å². The first-order valence-electron chi connectivity index (χ1n) is 10.8. The van der Waals surface area contributed by atoms with Gasteiger partial charge in [0.25, 0.3) is 5.91 Å². The standard InChI is InChI=1S/C27H22Cl2N2O/c28-22-13-9-18(10-14-22)17-21-7-4-8-24-25(21)30-31(27(32)20-5-2-1-3-6-20)26(24)19-11-15-23(29)16-12-19/h1-3,5-6,9-17,24,26H,4,7-8H2/b21-17-. The van der Waals surface area contributed by atoms with E-state index in [0.717, 1.165) is 36.1 Å². The Morgan fingerprint density at radius 3 is 2.25 bits per heavy atom. The van der Waals surface area contributed by atoms with Gasteiger partial charge < -0.3 is 0 Å². The van der Waals surface area contributed by atoms with Crippen LogP contribution in [0.1, 0.15) is 46.8 Å². The first-order valence-corrected chi connectivity index (χ1v) is 11.5.